The number of rotatable bonds is 4. The second-order valence-electron chi connectivity index (χ2n) is 14.4. The molecule has 3 heterocycles. The molecule has 0 spiro atoms. The Bertz CT molecular complexity index is 1750. The van der Waals surface area contributed by atoms with E-state index in [1.54, 1.807) is 25.3 Å². The van der Waals surface area contributed by atoms with Gasteiger partial charge >= 0.3 is 12.6 Å². The van der Waals surface area contributed by atoms with Crippen molar-refractivity contribution in [1.82, 2.24) is 9.62 Å². The molecule has 5 atom stereocenters. The maximum Gasteiger partial charge on any atom is 0.345 e. The first kappa shape index (κ1) is 38.5. The van der Waals surface area contributed by atoms with Gasteiger partial charge in [-0.05, 0) is 111 Å². The van der Waals surface area contributed by atoms with E-state index in [4.69, 9.17) is 21.1 Å². The molecule has 2 aromatic carbocycles. The lowest BCUT2D eigenvalue weighted by Crippen LogP contribution is -2.48. The number of carbonyl (C=O) groups is 2. The molecule has 2 bridgehead atoms. The molecule has 284 valence electrons. The number of methoxy groups -OCH3 is 1. The van der Waals surface area contributed by atoms with Crippen LogP contribution in [0, 0.1) is 17.8 Å². The van der Waals surface area contributed by atoms with Crippen LogP contribution in [-0.4, -0.2) is 79.0 Å². The Balaban J connectivity index is 1.37. The molecule has 1 saturated heterocycles. The Hall–Kier alpha value is -3.26. The third kappa shape index (κ3) is 9.64. The van der Waals surface area contributed by atoms with Gasteiger partial charge in [-0.1, -0.05) is 36.7 Å². The Morgan fingerprint density at radius 2 is 1.90 bits per heavy atom. The number of aryl methyl sites for hydroxylation is 1. The van der Waals surface area contributed by atoms with E-state index in [0.29, 0.717) is 42.8 Å². The van der Waals surface area contributed by atoms with E-state index in [2.05, 4.69) is 30.9 Å². The SMILES string of the molecule is CO[C@H]1/C=C/C[C@H](C)CS(=O)(NC(=O)N2CCC(OC(F)F)CC2)=NC(=O)c2ccc3c(c2)N(Cc2ccc(Cl)cc2CCCCO3)C[C@@H]2CC[C@H]21. The van der Waals surface area contributed by atoms with Gasteiger partial charge in [0.05, 0.1) is 30.3 Å². The summed E-state index contributed by atoms with van der Waals surface area (Å²) in [6.07, 6.45) is 8.99. The number of piperidine rings is 1. The van der Waals surface area contributed by atoms with E-state index in [1.807, 2.05) is 25.1 Å². The molecule has 10 nitrogen and oxygen atoms in total. The minimum atomic E-state index is -3.62. The van der Waals surface area contributed by atoms with Crippen LogP contribution in [0.25, 0.3) is 0 Å². The van der Waals surface area contributed by atoms with Crippen LogP contribution in [0.3, 0.4) is 0 Å². The zero-order valence-corrected chi connectivity index (χ0v) is 31.4. The summed E-state index contributed by atoms with van der Waals surface area (Å²) in [6, 6.07) is 10.5. The number of likely N-dealkylation sites (tertiary alicyclic amines) is 1. The van der Waals surface area contributed by atoms with Gasteiger partial charge in [-0.15, -0.1) is 4.36 Å². The van der Waals surface area contributed by atoms with Crippen LogP contribution >= 0.6 is 11.6 Å². The fourth-order valence-corrected chi connectivity index (χ4v) is 9.80. The number of anilines is 1. The molecule has 0 radical (unpaired) electrons. The number of benzene rings is 2. The van der Waals surface area contributed by atoms with Crippen molar-refractivity contribution in [2.45, 2.75) is 83.7 Å². The summed E-state index contributed by atoms with van der Waals surface area (Å²) in [7, 11) is -1.89. The van der Waals surface area contributed by atoms with Crippen LogP contribution < -0.4 is 14.4 Å². The first-order chi connectivity index (χ1) is 25.0. The van der Waals surface area contributed by atoms with E-state index in [0.717, 1.165) is 43.4 Å². The van der Waals surface area contributed by atoms with E-state index in [1.165, 1.54) is 10.5 Å². The normalized spacial score (nSPS) is 28.3. The number of halogens is 3. The van der Waals surface area contributed by atoms with Gasteiger partial charge in [-0.3, -0.25) is 9.52 Å². The van der Waals surface area contributed by atoms with E-state index in [9.17, 15) is 22.6 Å². The third-order valence-corrected chi connectivity index (χ3v) is 12.9. The van der Waals surface area contributed by atoms with Crippen molar-refractivity contribution in [3.8, 4) is 5.75 Å². The van der Waals surface area contributed by atoms with Crippen molar-refractivity contribution < 1.29 is 36.8 Å². The Labute approximate surface area is 310 Å². The molecule has 0 aromatic heterocycles. The average Bonchev–Trinajstić information content (AvgIpc) is 3.12. The lowest BCUT2D eigenvalue weighted by Gasteiger charge is -2.43. The fourth-order valence-electron chi connectivity index (χ4n) is 7.72. The number of ether oxygens (including phenoxy) is 3. The zero-order chi connectivity index (χ0) is 36.8. The topological polar surface area (TPSA) is 110 Å². The van der Waals surface area contributed by atoms with Crippen LogP contribution in [0.4, 0.5) is 19.3 Å². The van der Waals surface area contributed by atoms with Crippen LogP contribution in [-0.2, 0) is 32.4 Å². The minimum absolute atomic E-state index is 0.0665. The lowest BCUT2D eigenvalue weighted by molar-refractivity contribution is -0.171. The average molecular weight is 763 g/mol. The van der Waals surface area contributed by atoms with Crippen LogP contribution in [0.15, 0.2) is 52.9 Å². The largest absolute Gasteiger partial charge is 0.491 e. The van der Waals surface area contributed by atoms with Crippen molar-refractivity contribution in [2.24, 2.45) is 22.1 Å². The van der Waals surface area contributed by atoms with Crippen LogP contribution in [0.5, 0.6) is 5.75 Å². The fraction of sp³-hybridized carbons (Fsp3) is 0.579. The Kier molecular flexibility index (Phi) is 12.8. The summed E-state index contributed by atoms with van der Waals surface area (Å²) in [4.78, 5) is 31.1. The number of urea groups is 1. The molecular weight excluding hydrogens is 714 g/mol. The quantitative estimate of drug-likeness (QED) is 0.319. The summed E-state index contributed by atoms with van der Waals surface area (Å²) in [6.45, 7) is 1.06. The van der Waals surface area contributed by atoms with Gasteiger partial charge in [0.25, 0.3) is 5.91 Å². The van der Waals surface area contributed by atoms with Crippen molar-refractivity contribution in [1.29, 1.82) is 0 Å². The summed E-state index contributed by atoms with van der Waals surface area (Å²) < 4.78 is 63.8. The number of carbonyl (C=O) groups excluding carboxylic acids is 2. The smallest absolute Gasteiger partial charge is 0.345 e. The number of nitrogens with zero attached hydrogens (tertiary/aromatic N) is 3. The highest BCUT2D eigenvalue weighted by Crippen LogP contribution is 2.42. The number of alkyl halides is 2. The molecular formula is C38H49ClF2N4O6S. The predicted molar refractivity (Wildman–Crippen MR) is 197 cm³/mol. The van der Waals surface area contributed by atoms with E-state index < -0.39 is 34.6 Å². The van der Waals surface area contributed by atoms with Crippen LogP contribution in [0.1, 0.15) is 73.4 Å². The van der Waals surface area contributed by atoms with E-state index >= 15 is 0 Å². The molecule has 4 aliphatic rings. The Morgan fingerprint density at radius 1 is 1.10 bits per heavy atom. The molecule has 2 fully saturated rings. The van der Waals surface area contributed by atoms with E-state index in [-0.39, 0.29) is 55.2 Å². The monoisotopic (exact) mass is 762 g/mol. The van der Waals surface area contributed by atoms with Crippen molar-refractivity contribution in [3.05, 3.63) is 70.3 Å². The van der Waals surface area contributed by atoms with Crippen molar-refractivity contribution in [2.75, 3.05) is 44.0 Å². The molecule has 52 heavy (non-hydrogen) atoms. The van der Waals surface area contributed by atoms with Gasteiger partial charge < -0.3 is 24.0 Å². The number of allylic oxidation sites excluding steroid dienone is 1. The maximum atomic E-state index is 14.5. The minimum Gasteiger partial charge on any atom is -0.491 e. The van der Waals surface area contributed by atoms with Crippen molar-refractivity contribution >= 4 is 39.1 Å². The molecule has 1 saturated carbocycles. The molecule has 1 N–H and O–H groups in total. The number of hydrogen-bond donors (Lipinski definition) is 1. The first-order valence-corrected chi connectivity index (χ1v) is 20.3. The molecule has 1 unspecified atom stereocenters. The summed E-state index contributed by atoms with van der Waals surface area (Å²) in [5.41, 5.74) is 3.30. The zero-order valence-electron chi connectivity index (χ0n) is 29.8. The van der Waals surface area contributed by atoms with Gasteiger partial charge in [0.15, 0.2) is 0 Å². The van der Waals surface area contributed by atoms with Gasteiger partial charge in [-0.25, -0.2) is 9.00 Å². The number of fused-ring (bicyclic) bond motifs is 3. The van der Waals surface area contributed by atoms with Gasteiger partial charge in [0, 0.05) is 43.9 Å². The summed E-state index contributed by atoms with van der Waals surface area (Å²) in [5, 5.41) is 0.691. The Morgan fingerprint density at radius 3 is 2.63 bits per heavy atom. The standard InChI is InChI=1S/C38H49ClF2N4O6S/c1-25-6-5-8-34(49-2)32-13-10-29(32)23-45-22-28-9-12-30(39)20-26(28)7-3-4-19-50-35-14-11-27(21-33(35)45)36(46)42-52(48,24-25)43-38(47)44-17-15-31(16-18-44)51-37(40)41/h5,8-9,11-12,14,20-21,25,29,31-32,34,37H,3-4,6-7,10,13,15-19,22-24H2,1-2H3,(H,42,43,46,47,48)/b8-5+/t25-,29-,32+,34-,52?/m0/s1. The number of hydrogen-bond acceptors (Lipinski definition) is 7. The number of amides is 3. The first-order valence-electron chi connectivity index (χ1n) is 18.3. The highest BCUT2D eigenvalue weighted by Gasteiger charge is 2.38. The molecule has 14 heteroatoms. The maximum absolute atomic E-state index is 14.5. The predicted octanol–water partition coefficient (Wildman–Crippen LogP) is 7.64. The van der Waals surface area contributed by atoms with Gasteiger partial charge in [0.2, 0.25) is 0 Å². The highest BCUT2D eigenvalue weighted by atomic mass is 35.5. The van der Waals surface area contributed by atoms with Gasteiger partial charge in [0.1, 0.15) is 15.7 Å². The van der Waals surface area contributed by atoms with Crippen LogP contribution in [0.2, 0.25) is 5.02 Å². The lowest BCUT2D eigenvalue weighted by atomic mass is 9.70. The second kappa shape index (κ2) is 17.3. The van der Waals surface area contributed by atoms with Gasteiger partial charge in [-0.2, -0.15) is 8.78 Å². The molecule has 2 aromatic rings. The highest BCUT2D eigenvalue weighted by molar-refractivity contribution is 7.92. The number of nitrogens with one attached hydrogen (secondary N) is 1. The molecule has 6 rings (SSSR count). The third-order valence-electron chi connectivity index (χ3n) is 10.7. The molecule has 1 aliphatic carbocycles. The summed E-state index contributed by atoms with van der Waals surface area (Å²) in [5.74, 6) is 0.279. The molecule has 3 aliphatic heterocycles. The summed E-state index contributed by atoms with van der Waals surface area (Å²) >= 11 is 6.45. The second-order valence-corrected chi connectivity index (χ2v) is 16.9. The van der Waals surface area contributed by atoms with Crippen molar-refractivity contribution in [3.63, 3.8) is 0 Å². The molecule has 3 amide bonds.